The molecule has 21 heavy (non-hydrogen) atoms. The van der Waals surface area contributed by atoms with Gasteiger partial charge in [-0.15, -0.1) is 0 Å². The summed E-state index contributed by atoms with van der Waals surface area (Å²) >= 11 is -2.70. The fourth-order valence-corrected chi connectivity index (χ4v) is 19.3. The molecule has 1 aliphatic carbocycles. The summed E-state index contributed by atoms with van der Waals surface area (Å²) in [7, 11) is 1.28. The van der Waals surface area contributed by atoms with Crippen molar-refractivity contribution in [2.24, 2.45) is 0 Å². The van der Waals surface area contributed by atoms with Crippen LogP contribution < -0.4 is 3.80 Å². The summed E-state index contributed by atoms with van der Waals surface area (Å²) in [6.07, 6.45) is 4.98. The minimum absolute atomic E-state index is 0.206. The first kappa shape index (κ1) is 17.2. The van der Waals surface area contributed by atoms with Crippen LogP contribution in [0.15, 0.2) is 29.8 Å². The van der Waals surface area contributed by atoms with E-state index in [0.717, 1.165) is 0 Å². The van der Waals surface area contributed by atoms with Gasteiger partial charge < -0.3 is 0 Å². The van der Waals surface area contributed by atoms with Gasteiger partial charge in [0.15, 0.2) is 0 Å². The molecule has 0 fully saturated rings. The molecule has 0 aromatic heterocycles. The van der Waals surface area contributed by atoms with Gasteiger partial charge in [0.2, 0.25) is 0 Å². The third-order valence-electron chi connectivity index (χ3n) is 4.39. The number of allylic oxidation sites excluding steroid dienone is 1. The molecule has 0 heterocycles. The summed E-state index contributed by atoms with van der Waals surface area (Å²) in [6.45, 7) is 9.28. The van der Waals surface area contributed by atoms with Gasteiger partial charge in [-0.2, -0.15) is 0 Å². The zero-order chi connectivity index (χ0) is 15.9. The van der Waals surface area contributed by atoms with Crippen molar-refractivity contribution < 1.29 is 14.8 Å². The van der Waals surface area contributed by atoms with Gasteiger partial charge in [-0.1, -0.05) is 0 Å². The normalized spacial score (nSPS) is 20.8. The average Bonchev–Trinajstić information content (AvgIpc) is 2.64. The minimum atomic E-state index is -2.70. The van der Waals surface area contributed by atoms with E-state index < -0.39 is 14.8 Å². The number of benzene rings is 1. The van der Waals surface area contributed by atoms with Crippen LogP contribution in [0.5, 0.6) is 0 Å². The van der Waals surface area contributed by atoms with Gasteiger partial charge in [0.25, 0.3) is 0 Å². The second kappa shape index (κ2) is 5.49. The van der Waals surface area contributed by atoms with Crippen molar-refractivity contribution in [3.8, 4) is 0 Å². The Morgan fingerprint density at radius 1 is 1.19 bits per heavy atom. The molecule has 0 bridgehead atoms. The van der Waals surface area contributed by atoms with Crippen molar-refractivity contribution in [3.63, 3.8) is 0 Å². The molecule has 0 aliphatic heterocycles. The molecule has 1 aromatic rings. The Bertz CT molecular complexity index is 561. The Kier molecular flexibility index (Phi) is 4.50. The third-order valence-corrected chi connectivity index (χ3v) is 14.6. The second-order valence-corrected chi connectivity index (χ2v) is 33.3. The van der Waals surface area contributed by atoms with Crippen LogP contribution in [0.2, 0.25) is 10.5 Å². The molecule has 1 aromatic carbocycles. The van der Waals surface area contributed by atoms with Crippen LogP contribution >= 0.6 is 0 Å². The molecule has 1 N–H and O–H groups in total. The maximum absolute atomic E-state index is 4.16. The molecular weight excluding hydrogens is 306 g/mol. The van der Waals surface area contributed by atoms with Gasteiger partial charge in [0.1, 0.15) is 0 Å². The molecule has 0 saturated carbocycles. The molecule has 1 aliphatic rings. The summed E-state index contributed by atoms with van der Waals surface area (Å²) in [5.74, 6) is 0. The number of fused-ring (bicyclic) bond motifs is 1. The molecule has 0 saturated heterocycles. The fraction of sp³-hybridized carbons (Fsp3) is 0.556. The van der Waals surface area contributed by atoms with E-state index in [0.29, 0.717) is 4.22 Å². The van der Waals surface area contributed by atoms with E-state index in [1.54, 1.807) is 11.1 Å². The van der Waals surface area contributed by atoms with E-state index in [9.17, 15) is 0 Å². The van der Waals surface area contributed by atoms with E-state index in [4.69, 9.17) is 0 Å². The van der Waals surface area contributed by atoms with Crippen LogP contribution in [-0.2, 0) is 14.8 Å². The first-order valence-electron chi connectivity index (χ1n) is 8.33. The van der Waals surface area contributed by atoms with Crippen LogP contribution in [-0.4, -0.2) is 13.6 Å². The standard InChI is InChI=1S/C12H13.C4H10N.2CH3.H3Si.Ti/c1-2-5-10-8-11-6-3-4-7-12(11)9-10;1-4(2,3)5;;;;/h3-4,6-9H,2,5H2,1H3;5H,1-3H3;3*1H3;/q;-1;;;;+1. The number of hydrogen-bond donors (Lipinski definition) is 1. The van der Waals surface area contributed by atoms with Crippen LogP contribution in [0.1, 0.15) is 55.9 Å². The quantitative estimate of drug-likeness (QED) is 0.808. The monoisotopic (exact) mass is 338 g/mol. The first-order valence-corrected chi connectivity index (χ1v) is 18.8. The SMILES string of the molecule is CCCC1=Cc2ccccc2[CH]1[Ti]([CH3])([CH3])([SiH3])[NH]C(C)(C)C. The van der Waals surface area contributed by atoms with Gasteiger partial charge in [0, 0.05) is 0 Å². The molecule has 117 valence electrons. The van der Waals surface area contributed by atoms with E-state index in [2.05, 4.69) is 72.3 Å². The van der Waals surface area contributed by atoms with Crippen LogP contribution in [0.25, 0.3) is 6.08 Å². The zero-order valence-electron chi connectivity index (χ0n) is 14.9. The van der Waals surface area contributed by atoms with E-state index in [-0.39, 0.29) is 5.54 Å². The molecule has 1 unspecified atom stereocenters. The molecule has 0 spiro atoms. The van der Waals surface area contributed by atoms with Gasteiger partial charge >= 0.3 is 135 Å². The van der Waals surface area contributed by atoms with Gasteiger partial charge in [-0.25, -0.2) is 0 Å². The molecular formula is C18H32NSiTi. The molecule has 1 atom stereocenters. The predicted molar refractivity (Wildman–Crippen MR) is 96.6 cm³/mol. The third kappa shape index (κ3) is 3.79. The van der Waals surface area contributed by atoms with Crippen molar-refractivity contribution in [1.29, 1.82) is 0 Å². The molecule has 0 amide bonds. The number of rotatable bonds is 4. The van der Waals surface area contributed by atoms with Gasteiger partial charge in [-0.05, 0) is 0 Å². The van der Waals surface area contributed by atoms with Crippen LogP contribution in [0, 0.1) is 0 Å². The molecule has 3 heteroatoms. The van der Waals surface area contributed by atoms with Crippen LogP contribution in [0.4, 0.5) is 0 Å². The Morgan fingerprint density at radius 3 is 2.38 bits per heavy atom. The van der Waals surface area contributed by atoms with Gasteiger partial charge in [-0.3, -0.25) is 0 Å². The fourth-order valence-electron chi connectivity index (χ4n) is 4.50. The predicted octanol–water partition coefficient (Wildman–Crippen LogP) is 4.29. The zero-order valence-corrected chi connectivity index (χ0v) is 18.4. The first-order chi connectivity index (χ1) is 9.52. The van der Waals surface area contributed by atoms with E-state index in [1.165, 1.54) is 26.5 Å². The number of nitrogens with one attached hydrogen (secondary N) is 1. The Labute approximate surface area is 134 Å². The Morgan fingerprint density at radius 2 is 1.81 bits per heavy atom. The van der Waals surface area contributed by atoms with Gasteiger partial charge in [0.05, 0.1) is 0 Å². The van der Waals surface area contributed by atoms with Crippen LogP contribution in [0.3, 0.4) is 0 Å². The molecule has 0 radical (unpaired) electrons. The van der Waals surface area contributed by atoms with Crippen molar-refractivity contribution in [2.45, 2.75) is 60.8 Å². The summed E-state index contributed by atoms with van der Waals surface area (Å²) < 4.78 is 4.84. The van der Waals surface area contributed by atoms with Crippen molar-refractivity contribution >= 4 is 14.2 Å². The van der Waals surface area contributed by atoms with E-state index in [1.807, 2.05) is 0 Å². The van der Waals surface area contributed by atoms with E-state index >= 15 is 0 Å². The second-order valence-electron chi connectivity index (χ2n) is 9.17. The summed E-state index contributed by atoms with van der Waals surface area (Å²) in [5.41, 5.74) is 4.95. The maximum atomic E-state index is 4.16. The van der Waals surface area contributed by atoms with Crippen molar-refractivity contribution in [1.82, 2.24) is 3.80 Å². The average molecular weight is 338 g/mol. The topological polar surface area (TPSA) is 12.0 Å². The Hall–Kier alpha value is -0.149. The van der Waals surface area contributed by atoms with Crippen molar-refractivity contribution in [3.05, 3.63) is 41.0 Å². The molecule has 1 nitrogen and oxygen atoms in total. The summed E-state index contributed by atoms with van der Waals surface area (Å²) in [4.78, 5) is 0. The summed E-state index contributed by atoms with van der Waals surface area (Å²) in [5, 5.41) is 5.23. The summed E-state index contributed by atoms with van der Waals surface area (Å²) in [6, 6.07) is 9.07. The Balaban J connectivity index is 2.51. The number of hydrogen-bond acceptors (Lipinski definition) is 1. The molecule has 2 rings (SSSR count). The van der Waals surface area contributed by atoms with Crippen molar-refractivity contribution in [2.75, 3.05) is 0 Å².